The molecule has 1 saturated carbocycles. The molecular weight excluding hydrogens is 513 g/mol. The number of Topliss-reactive ketones (excluding diaryl/α,β-unsaturated/α-hetero) is 1. The van der Waals surface area contributed by atoms with Gasteiger partial charge in [0.05, 0.1) is 29.8 Å². The number of ether oxygens (including phenoxy) is 2. The van der Waals surface area contributed by atoms with Crippen molar-refractivity contribution >= 4 is 40.1 Å². The number of esters is 1. The second-order valence-electron chi connectivity index (χ2n) is 9.87. The maximum atomic E-state index is 17.1. The van der Waals surface area contributed by atoms with E-state index in [1.165, 1.54) is 18.4 Å². The molecule has 2 unspecified atom stereocenters. The van der Waals surface area contributed by atoms with E-state index in [0.717, 1.165) is 12.8 Å². The van der Waals surface area contributed by atoms with Crippen LogP contribution in [0, 0.1) is 5.92 Å². The summed E-state index contributed by atoms with van der Waals surface area (Å²) in [6.07, 6.45) is 4.30. The lowest BCUT2D eigenvalue weighted by Gasteiger charge is -2.39. The number of fused-ring (bicyclic) bond motifs is 1. The third kappa shape index (κ3) is 5.41. The van der Waals surface area contributed by atoms with E-state index >= 15 is 4.39 Å². The number of oxazole rings is 1. The Morgan fingerprint density at radius 2 is 1.89 bits per heavy atom. The minimum Gasteiger partial charge on any atom is -0.469 e. The standard InChI is InChI=1S/C28H31ClFN3O5/c1-36-27(35)18-8-11-20(12-9-18)38-28(30,33-14-4-5-15-33)26(34)25(32-22-7-3-2-6-21(22)29)19-10-13-23-24(16-19)37-17-31-23/h2-3,6-7,10,13,16-18,20,25,32H,4-5,8-9,11-12,14-15H2,1H3. The summed E-state index contributed by atoms with van der Waals surface area (Å²) in [7, 11) is 1.37. The van der Waals surface area contributed by atoms with E-state index in [1.807, 2.05) is 0 Å². The molecule has 0 radical (unpaired) electrons. The van der Waals surface area contributed by atoms with Crippen LogP contribution in [0.5, 0.6) is 0 Å². The number of nitrogens with one attached hydrogen (secondary N) is 1. The highest BCUT2D eigenvalue weighted by molar-refractivity contribution is 6.33. The first-order chi connectivity index (χ1) is 18.4. The van der Waals surface area contributed by atoms with Crippen LogP contribution in [0.1, 0.15) is 50.1 Å². The van der Waals surface area contributed by atoms with Crippen LogP contribution in [0.15, 0.2) is 53.3 Å². The molecule has 2 aliphatic rings. The van der Waals surface area contributed by atoms with Crippen LogP contribution in [0.4, 0.5) is 10.1 Å². The summed E-state index contributed by atoms with van der Waals surface area (Å²) >= 11 is 6.41. The molecule has 2 heterocycles. The van der Waals surface area contributed by atoms with Gasteiger partial charge >= 0.3 is 11.9 Å². The van der Waals surface area contributed by atoms with Crippen LogP contribution in [-0.4, -0.2) is 53.9 Å². The maximum absolute atomic E-state index is 17.1. The van der Waals surface area contributed by atoms with Gasteiger partial charge in [-0.25, -0.2) is 9.88 Å². The largest absolute Gasteiger partial charge is 0.469 e. The molecule has 2 aromatic carbocycles. The second kappa shape index (κ2) is 11.4. The Labute approximate surface area is 225 Å². The van der Waals surface area contributed by atoms with Crippen molar-refractivity contribution in [3.63, 3.8) is 0 Å². The minimum atomic E-state index is -2.67. The average molecular weight is 544 g/mol. The number of rotatable bonds is 9. The van der Waals surface area contributed by atoms with Gasteiger partial charge in [-0.2, -0.15) is 4.39 Å². The lowest BCUT2D eigenvalue weighted by Crippen LogP contribution is -2.56. The van der Waals surface area contributed by atoms with Crippen LogP contribution in [0.25, 0.3) is 11.1 Å². The Morgan fingerprint density at radius 1 is 1.16 bits per heavy atom. The first-order valence-corrected chi connectivity index (χ1v) is 13.3. The van der Waals surface area contributed by atoms with Gasteiger partial charge in [0.1, 0.15) is 11.6 Å². The number of nitrogens with zero attached hydrogens (tertiary/aromatic N) is 2. The number of likely N-dealkylation sites (tertiary alicyclic amines) is 1. The molecule has 1 N–H and O–H groups in total. The fraction of sp³-hybridized carbons (Fsp3) is 0.464. The number of methoxy groups -OCH3 is 1. The van der Waals surface area contributed by atoms with Crippen molar-refractivity contribution in [2.45, 2.75) is 56.6 Å². The molecule has 2 atom stereocenters. The quantitative estimate of drug-likeness (QED) is 0.272. The average Bonchev–Trinajstić information content (AvgIpc) is 3.65. The van der Waals surface area contributed by atoms with Crippen molar-refractivity contribution in [3.05, 3.63) is 59.4 Å². The summed E-state index contributed by atoms with van der Waals surface area (Å²) in [5.41, 5.74) is 2.10. The monoisotopic (exact) mass is 543 g/mol. The number of hydrogen-bond acceptors (Lipinski definition) is 8. The summed E-state index contributed by atoms with van der Waals surface area (Å²) < 4.78 is 33.5. The van der Waals surface area contributed by atoms with Crippen molar-refractivity contribution < 1.29 is 27.9 Å². The maximum Gasteiger partial charge on any atom is 0.332 e. The van der Waals surface area contributed by atoms with Crippen molar-refractivity contribution in [3.8, 4) is 0 Å². The molecule has 38 heavy (non-hydrogen) atoms. The molecule has 1 aromatic heterocycles. The molecule has 1 saturated heterocycles. The molecule has 0 spiro atoms. The highest BCUT2D eigenvalue weighted by Gasteiger charge is 2.52. The van der Waals surface area contributed by atoms with E-state index in [2.05, 4.69) is 10.3 Å². The summed E-state index contributed by atoms with van der Waals surface area (Å²) in [6.45, 7) is 0.805. The number of ketones is 1. The number of benzene rings is 2. The van der Waals surface area contributed by atoms with E-state index in [0.29, 0.717) is 66.1 Å². The number of carbonyl (C=O) groups is 2. The molecule has 0 bridgehead atoms. The topological polar surface area (TPSA) is 93.9 Å². The number of hydrogen-bond donors (Lipinski definition) is 1. The number of aromatic nitrogens is 1. The van der Waals surface area contributed by atoms with Crippen molar-refractivity contribution in [2.24, 2.45) is 5.92 Å². The second-order valence-corrected chi connectivity index (χ2v) is 10.3. The van der Waals surface area contributed by atoms with Crippen LogP contribution >= 0.6 is 11.6 Å². The fourth-order valence-corrected chi connectivity index (χ4v) is 5.55. The first kappa shape index (κ1) is 26.6. The Morgan fingerprint density at radius 3 is 2.61 bits per heavy atom. The zero-order chi connectivity index (χ0) is 26.7. The van der Waals surface area contributed by atoms with E-state index in [1.54, 1.807) is 42.5 Å². The van der Waals surface area contributed by atoms with E-state index in [9.17, 15) is 9.59 Å². The van der Waals surface area contributed by atoms with Crippen LogP contribution in [0.2, 0.25) is 5.02 Å². The molecular formula is C28H31ClFN3O5. The van der Waals surface area contributed by atoms with Gasteiger partial charge in [-0.3, -0.25) is 9.59 Å². The predicted molar refractivity (Wildman–Crippen MR) is 140 cm³/mol. The molecule has 2 fully saturated rings. The first-order valence-electron chi connectivity index (χ1n) is 13.0. The number of alkyl halides is 1. The summed E-state index contributed by atoms with van der Waals surface area (Å²) in [4.78, 5) is 31.9. The zero-order valence-corrected chi connectivity index (χ0v) is 22.0. The van der Waals surface area contributed by atoms with Crippen molar-refractivity contribution in [1.82, 2.24) is 9.88 Å². The SMILES string of the molecule is COC(=O)C1CCC(OC(F)(C(=O)C(Nc2ccccc2Cl)c2ccc3ncoc3c2)N2CCCC2)CC1. The molecule has 0 amide bonds. The number of anilines is 1. The van der Waals surface area contributed by atoms with E-state index in [4.69, 9.17) is 25.5 Å². The van der Waals surface area contributed by atoms with Gasteiger partial charge in [-0.1, -0.05) is 29.8 Å². The normalized spacial score (nSPS) is 22.6. The van der Waals surface area contributed by atoms with Gasteiger partial charge in [0.25, 0.3) is 0 Å². The molecule has 8 nitrogen and oxygen atoms in total. The Balaban J connectivity index is 1.47. The fourth-order valence-electron chi connectivity index (χ4n) is 5.36. The highest BCUT2D eigenvalue weighted by Crippen LogP contribution is 2.38. The smallest absolute Gasteiger partial charge is 0.332 e. The lowest BCUT2D eigenvalue weighted by atomic mass is 9.87. The van der Waals surface area contributed by atoms with Crippen LogP contribution in [-0.2, 0) is 19.1 Å². The van der Waals surface area contributed by atoms with Gasteiger partial charge < -0.3 is 19.2 Å². The minimum absolute atomic E-state index is 0.236. The summed E-state index contributed by atoms with van der Waals surface area (Å²) in [5, 5.41) is 3.57. The number of para-hydroxylation sites is 1. The molecule has 5 rings (SSSR count). The summed E-state index contributed by atoms with van der Waals surface area (Å²) in [6, 6.07) is 11.0. The third-order valence-electron chi connectivity index (χ3n) is 7.47. The molecule has 202 valence electrons. The number of carbonyl (C=O) groups excluding carboxylic acids is 2. The number of halogens is 2. The van der Waals surface area contributed by atoms with Gasteiger partial charge in [0.2, 0.25) is 5.78 Å². The van der Waals surface area contributed by atoms with Crippen molar-refractivity contribution in [2.75, 3.05) is 25.5 Å². The molecule has 10 heteroatoms. The van der Waals surface area contributed by atoms with Gasteiger partial charge in [-0.15, -0.1) is 0 Å². The lowest BCUT2D eigenvalue weighted by molar-refractivity contribution is -0.253. The van der Waals surface area contributed by atoms with Crippen LogP contribution in [0.3, 0.4) is 0 Å². The highest BCUT2D eigenvalue weighted by atomic mass is 35.5. The third-order valence-corrected chi connectivity index (χ3v) is 7.80. The molecule has 3 aromatic rings. The van der Waals surface area contributed by atoms with E-state index in [-0.39, 0.29) is 11.9 Å². The summed E-state index contributed by atoms with van der Waals surface area (Å²) in [5.74, 6) is -3.94. The Bertz CT molecular complexity index is 1290. The van der Waals surface area contributed by atoms with Crippen molar-refractivity contribution in [1.29, 1.82) is 0 Å². The predicted octanol–water partition coefficient (Wildman–Crippen LogP) is 5.67. The Kier molecular flexibility index (Phi) is 7.97. The Hall–Kier alpha value is -3.01. The molecule has 1 aliphatic heterocycles. The van der Waals surface area contributed by atoms with Gasteiger partial charge in [-0.05, 0) is 68.4 Å². The zero-order valence-electron chi connectivity index (χ0n) is 21.2. The van der Waals surface area contributed by atoms with E-state index < -0.39 is 23.9 Å². The van der Waals surface area contributed by atoms with Gasteiger partial charge in [0, 0.05) is 13.1 Å². The van der Waals surface area contributed by atoms with Gasteiger partial charge in [0.15, 0.2) is 12.0 Å². The molecule has 1 aliphatic carbocycles. The van der Waals surface area contributed by atoms with Crippen LogP contribution < -0.4 is 5.32 Å².